The second-order valence-electron chi connectivity index (χ2n) is 6.52. The molecule has 0 saturated carbocycles. The summed E-state index contributed by atoms with van der Waals surface area (Å²) in [5.74, 6) is 1.05. The van der Waals surface area contributed by atoms with Gasteiger partial charge in [0.1, 0.15) is 0 Å². The van der Waals surface area contributed by atoms with Crippen molar-refractivity contribution in [3.8, 4) is 0 Å². The highest BCUT2D eigenvalue weighted by molar-refractivity contribution is 14.0. The van der Waals surface area contributed by atoms with Crippen molar-refractivity contribution in [2.24, 2.45) is 10.4 Å². The van der Waals surface area contributed by atoms with E-state index in [1.165, 1.54) is 6.42 Å². The second-order valence-corrected chi connectivity index (χ2v) is 6.52. The highest BCUT2D eigenvalue weighted by Gasteiger charge is 2.35. The van der Waals surface area contributed by atoms with E-state index in [0.717, 1.165) is 51.9 Å². The van der Waals surface area contributed by atoms with Gasteiger partial charge in [0.05, 0.1) is 13.2 Å². The molecule has 3 rings (SSSR count). The predicted molar refractivity (Wildman–Crippen MR) is 96.4 cm³/mol. The highest BCUT2D eigenvalue weighted by atomic mass is 127. The lowest BCUT2D eigenvalue weighted by Gasteiger charge is -2.39. The first kappa shape index (κ1) is 17.0. The van der Waals surface area contributed by atoms with Crippen molar-refractivity contribution in [2.75, 3.05) is 53.0 Å². The number of aliphatic imine (C=N–C) groups is 1. The minimum Gasteiger partial charge on any atom is -0.380 e. The van der Waals surface area contributed by atoms with Crippen LogP contribution in [0.3, 0.4) is 0 Å². The van der Waals surface area contributed by atoms with Crippen molar-refractivity contribution in [3.05, 3.63) is 12.2 Å². The van der Waals surface area contributed by atoms with Crippen molar-refractivity contribution >= 4 is 29.9 Å². The molecule has 0 aliphatic carbocycles. The van der Waals surface area contributed by atoms with Gasteiger partial charge in [0.2, 0.25) is 0 Å². The Balaban J connectivity index is 0.00000161. The molecule has 0 spiro atoms. The van der Waals surface area contributed by atoms with Crippen molar-refractivity contribution in [1.29, 1.82) is 0 Å². The third-order valence-electron chi connectivity index (χ3n) is 4.61. The van der Waals surface area contributed by atoms with Crippen LogP contribution in [0.15, 0.2) is 17.1 Å². The fraction of sp³-hybridized carbons (Fsp3) is 0.800. The molecule has 0 radical (unpaired) electrons. The Labute approximate surface area is 144 Å². The van der Waals surface area contributed by atoms with Gasteiger partial charge < -0.3 is 15.0 Å². The topological polar surface area (TPSA) is 40.1 Å². The quantitative estimate of drug-likeness (QED) is 0.331. The summed E-state index contributed by atoms with van der Waals surface area (Å²) >= 11 is 0. The van der Waals surface area contributed by atoms with Gasteiger partial charge in [-0.05, 0) is 6.42 Å². The normalized spacial score (nSPS) is 28.4. The smallest absolute Gasteiger partial charge is 0.193 e. The van der Waals surface area contributed by atoms with Crippen LogP contribution >= 0.6 is 24.0 Å². The first-order chi connectivity index (χ1) is 9.70. The summed E-state index contributed by atoms with van der Waals surface area (Å²) < 4.78 is 5.31. The van der Waals surface area contributed by atoms with Crippen LogP contribution in [-0.4, -0.2) is 74.8 Å². The third kappa shape index (κ3) is 3.90. The van der Waals surface area contributed by atoms with Crippen LogP contribution < -0.4 is 5.32 Å². The van der Waals surface area contributed by atoms with Gasteiger partial charge in [0.15, 0.2) is 5.96 Å². The number of hydrogen-bond donors (Lipinski definition) is 1. The van der Waals surface area contributed by atoms with E-state index in [9.17, 15) is 0 Å². The Morgan fingerprint density at radius 1 is 1.38 bits per heavy atom. The van der Waals surface area contributed by atoms with E-state index in [1.807, 2.05) is 7.05 Å². The number of halogens is 1. The molecule has 2 saturated heterocycles. The van der Waals surface area contributed by atoms with Gasteiger partial charge >= 0.3 is 0 Å². The van der Waals surface area contributed by atoms with E-state index in [0.29, 0.717) is 6.04 Å². The first-order valence-corrected chi connectivity index (χ1v) is 7.63. The summed E-state index contributed by atoms with van der Waals surface area (Å²) in [4.78, 5) is 9.39. The number of likely N-dealkylation sites (tertiary alicyclic amines) is 1. The van der Waals surface area contributed by atoms with Gasteiger partial charge in [0.25, 0.3) is 0 Å². The fourth-order valence-electron chi connectivity index (χ4n) is 3.20. The van der Waals surface area contributed by atoms with Crippen molar-refractivity contribution in [3.63, 3.8) is 0 Å². The standard InChI is InChI=1S/C15H26N4O.HI/c1-15(11-20-12-15)10-17-14(16-2)19-8-5-13(9-19)18-6-3-4-7-18;/h3-4,13H,5-12H2,1-2H3,(H,16,17);1H. The Bertz CT molecular complexity index is 400. The number of nitrogens with one attached hydrogen (secondary N) is 1. The first-order valence-electron chi connectivity index (χ1n) is 7.63. The van der Waals surface area contributed by atoms with Gasteiger partial charge in [-0.15, -0.1) is 24.0 Å². The summed E-state index contributed by atoms with van der Waals surface area (Å²) in [5.41, 5.74) is 0.286. The third-order valence-corrected chi connectivity index (χ3v) is 4.61. The van der Waals surface area contributed by atoms with Gasteiger partial charge in [-0.2, -0.15) is 0 Å². The van der Waals surface area contributed by atoms with E-state index in [2.05, 4.69) is 39.2 Å². The zero-order valence-electron chi connectivity index (χ0n) is 13.0. The van der Waals surface area contributed by atoms with Crippen molar-refractivity contribution in [2.45, 2.75) is 19.4 Å². The highest BCUT2D eigenvalue weighted by Crippen LogP contribution is 2.25. The molecule has 0 aromatic rings. The Morgan fingerprint density at radius 3 is 2.67 bits per heavy atom. The molecule has 1 atom stereocenters. The number of nitrogens with zero attached hydrogens (tertiary/aromatic N) is 3. The van der Waals surface area contributed by atoms with E-state index in [-0.39, 0.29) is 29.4 Å². The van der Waals surface area contributed by atoms with Crippen LogP contribution in [0.4, 0.5) is 0 Å². The molecule has 21 heavy (non-hydrogen) atoms. The monoisotopic (exact) mass is 406 g/mol. The molecule has 2 fully saturated rings. The molecule has 0 aromatic heterocycles. The molecule has 0 aromatic carbocycles. The minimum atomic E-state index is 0. The number of guanidine groups is 1. The average Bonchev–Trinajstić information content (AvgIpc) is 3.08. The molecule has 3 heterocycles. The Hall–Kier alpha value is -0.340. The molecule has 1 N–H and O–H groups in total. The van der Waals surface area contributed by atoms with Gasteiger partial charge in [-0.1, -0.05) is 19.1 Å². The van der Waals surface area contributed by atoms with Crippen molar-refractivity contribution < 1.29 is 4.74 Å². The van der Waals surface area contributed by atoms with Crippen LogP contribution in [-0.2, 0) is 4.74 Å². The fourth-order valence-corrected chi connectivity index (χ4v) is 3.20. The van der Waals surface area contributed by atoms with Gasteiger partial charge in [0, 0.05) is 51.2 Å². The summed E-state index contributed by atoms with van der Waals surface area (Å²) in [6.07, 6.45) is 5.78. The maximum absolute atomic E-state index is 5.31. The van der Waals surface area contributed by atoms with E-state index in [4.69, 9.17) is 4.74 Å². The Morgan fingerprint density at radius 2 is 2.10 bits per heavy atom. The summed E-state index contributed by atoms with van der Waals surface area (Å²) in [7, 11) is 1.88. The number of rotatable bonds is 3. The SMILES string of the molecule is CN=C(NCC1(C)COC1)N1CCC(N2CC=CC2)C1.I. The van der Waals surface area contributed by atoms with Crippen LogP contribution in [0.25, 0.3) is 0 Å². The minimum absolute atomic E-state index is 0. The average molecular weight is 406 g/mol. The van der Waals surface area contributed by atoms with Crippen LogP contribution in [0.5, 0.6) is 0 Å². The number of hydrogen-bond acceptors (Lipinski definition) is 3. The summed E-state index contributed by atoms with van der Waals surface area (Å²) in [6.45, 7) is 9.35. The zero-order chi connectivity index (χ0) is 14.0. The molecule has 1 unspecified atom stereocenters. The molecule has 120 valence electrons. The Kier molecular flexibility index (Phi) is 5.90. The molecular formula is C15H27IN4O. The number of ether oxygens (including phenoxy) is 1. The van der Waals surface area contributed by atoms with Gasteiger partial charge in [-0.25, -0.2) is 0 Å². The molecule has 3 aliphatic rings. The molecule has 6 heteroatoms. The lowest BCUT2D eigenvalue weighted by molar-refractivity contribution is -0.0972. The van der Waals surface area contributed by atoms with Crippen LogP contribution in [0.1, 0.15) is 13.3 Å². The lowest BCUT2D eigenvalue weighted by atomic mass is 9.89. The molecular weight excluding hydrogens is 379 g/mol. The van der Waals surface area contributed by atoms with Crippen LogP contribution in [0, 0.1) is 5.41 Å². The largest absolute Gasteiger partial charge is 0.380 e. The maximum atomic E-state index is 5.31. The molecule has 0 bridgehead atoms. The summed E-state index contributed by atoms with van der Waals surface area (Å²) in [6, 6.07) is 0.672. The van der Waals surface area contributed by atoms with Crippen molar-refractivity contribution in [1.82, 2.24) is 15.1 Å². The van der Waals surface area contributed by atoms with Crippen LogP contribution in [0.2, 0.25) is 0 Å². The molecule has 5 nitrogen and oxygen atoms in total. The maximum Gasteiger partial charge on any atom is 0.193 e. The van der Waals surface area contributed by atoms with E-state index < -0.39 is 0 Å². The lowest BCUT2D eigenvalue weighted by Crippen LogP contribution is -2.51. The van der Waals surface area contributed by atoms with E-state index in [1.54, 1.807) is 0 Å². The summed E-state index contributed by atoms with van der Waals surface area (Å²) in [5, 5.41) is 3.53. The zero-order valence-corrected chi connectivity index (χ0v) is 15.4. The second kappa shape index (κ2) is 7.28. The molecule has 0 amide bonds. The van der Waals surface area contributed by atoms with E-state index >= 15 is 0 Å². The predicted octanol–water partition coefficient (Wildman–Crippen LogP) is 1.16. The molecule has 3 aliphatic heterocycles. The van der Waals surface area contributed by atoms with Gasteiger partial charge in [-0.3, -0.25) is 9.89 Å².